The molecule has 1 unspecified atom stereocenters. The molecule has 1 aromatic rings. The quantitative estimate of drug-likeness (QED) is 0.813. The number of halogens is 2. The molecule has 1 atom stereocenters. The summed E-state index contributed by atoms with van der Waals surface area (Å²) in [6.07, 6.45) is -0.976. The van der Waals surface area contributed by atoms with E-state index in [2.05, 4.69) is 10.6 Å². The second-order valence-corrected chi connectivity index (χ2v) is 5.09. The van der Waals surface area contributed by atoms with Crippen molar-refractivity contribution in [1.82, 2.24) is 10.6 Å². The molecule has 0 aromatic heterocycles. The van der Waals surface area contributed by atoms with Crippen LogP contribution < -0.4 is 15.4 Å². The van der Waals surface area contributed by atoms with Crippen molar-refractivity contribution >= 4 is 5.91 Å². The van der Waals surface area contributed by atoms with Crippen LogP contribution >= 0.6 is 0 Å². The molecule has 2 N–H and O–H groups in total. The topological polar surface area (TPSA) is 50.4 Å². The minimum Gasteiger partial charge on any atom is -0.475 e. The Morgan fingerprint density at radius 1 is 1.24 bits per heavy atom. The van der Waals surface area contributed by atoms with Crippen LogP contribution in [0.5, 0.6) is 5.75 Å². The number of rotatable bonds is 7. The summed E-state index contributed by atoms with van der Waals surface area (Å²) in [5, 5.41) is 5.60. The SMILES string of the molecule is CCNCc1cc(F)c(OC(C)C(=O)NC(C)C)c(F)c1. The predicted molar refractivity (Wildman–Crippen MR) is 77.1 cm³/mol. The Morgan fingerprint density at radius 3 is 2.29 bits per heavy atom. The Kier molecular flexibility index (Phi) is 6.55. The molecule has 0 saturated carbocycles. The van der Waals surface area contributed by atoms with Crippen molar-refractivity contribution in [2.24, 2.45) is 0 Å². The Labute approximate surface area is 123 Å². The monoisotopic (exact) mass is 300 g/mol. The van der Waals surface area contributed by atoms with Crippen LogP contribution in [0.25, 0.3) is 0 Å². The van der Waals surface area contributed by atoms with E-state index < -0.39 is 29.4 Å². The molecule has 21 heavy (non-hydrogen) atoms. The summed E-state index contributed by atoms with van der Waals surface area (Å²) in [6, 6.07) is 2.34. The second kappa shape index (κ2) is 7.93. The molecule has 0 spiro atoms. The average Bonchev–Trinajstić information content (AvgIpc) is 2.39. The van der Waals surface area contributed by atoms with Gasteiger partial charge in [0, 0.05) is 12.6 Å². The van der Waals surface area contributed by atoms with E-state index >= 15 is 0 Å². The van der Waals surface area contributed by atoms with Gasteiger partial charge in [-0.2, -0.15) is 0 Å². The zero-order chi connectivity index (χ0) is 16.0. The molecular weight excluding hydrogens is 278 g/mol. The van der Waals surface area contributed by atoms with Crippen LogP contribution in [0, 0.1) is 11.6 Å². The molecule has 1 rings (SSSR count). The molecule has 6 heteroatoms. The zero-order valence-electron chi connectivity index (χ0n) is 12.8. The summed E-state index contributed by atoms with van der Waals surface area (Å²) in [6.45, 7) is 8.01. The lowest BCUT2D eigenvalue weighted by atomic mass is 10.2. The van der Waals surface area contributed by atoms with Gasteiger partial charge in [-0.1, -0.05) is 6.92 Å². The van der Waals surface area contributed by atoms with E-state index in [9.17, 15) is 13.6 Å². The van der Waals surface area contributed by atoms with Crippen LogP contribution in [0.2, 0.25) is 0 Å². The molecule has 0 aliphatic heterocycles. The lowest BCUT2D eigenvalue weighted by molar-refractivity contribution is -0.127. The Morgan fingerprint density at radius 2 is 1.81 bits per heavy atom. The summed E-state index contributed by atoms with van der Waals surface area (Å²) in [7, 11) is 0. The molecule has 0 heterocycles. The standard InChI is InChI=1S/C15H22F2N2O2/c1-5-18-8-11-6-12(16)14(13(17)7-11)21-10(4)15(20)19-9(2)3/h6-7,9-10,18H,5,8H2,1-4H3,(H,19,20). The Balaban J connectivity index is 2.81. The Hall–Kier alpha value is -1.69. The molecule has 118 valence electrons. The van der Waals surface area contributed by atoms with E-state index in [0.717, 1.165) is 0 Å². The van der Waals surface area contributed by atoms with Crippen molar-refractivity contribution in [3.63, 3.8) is 0 Å². The summed E-state index contributed by atoms with van der Waals surface area (Å²) >= 11 is 0. The van der Waals surface area contributed by atoms with Gasteiger partial charge in [-0.25, -0.2) is 8.78 Å². The van der Waals surface area contributed by atoms with E-state index in [1.165, 1.54) is 19.1 Å². The number of carbonyl (C=O) groups excluding carboxylic acids is 1. The number of amides is 1. The van der Waals surface area contributed by atoms with E-state index in [1.807, 2.05) is 6.92 Å². The van der Waals surface area contributed by atoms with Crippen molar-refractivity contribution < 1.29 is 18.3 Å². The molecular formula is C15H22F2N2O2. The van der Waals surface area contributed by atoms with Gasteiger partial charge in [-0.15, -0.1) is 0 Å². The van der Waals surface area contributed by atoms with Gasteiger partial charge >= 0.3 is 0 Å². The molecule has 1 amide bonds. The van der Waals surface area contributed by atoms with Gasteiger partial charge in [0.25, 0.3) is 5.91 Å². The van der Waals surface area contributed by atoms with Gasteiger partial charge in [0.05, 0.1) is 0 Å². The summed E-state index contributed by atoms with van der Waals surface area (Å²) in [5.74, 6) is -2.57. The highest BCUT2D eigenvalue weighted by Crippen LogP contribution is 2.24. The molecule has 0 aliphatic rings. The first kappa shape index (κ1) is 17.4. The van der Waals surface area contributed by atoms with Crippen LogP contribution in [0.3, 0.4) is 0 Å². The van der Waals surface area contributed by atoms with Crippen molar-refractivity contribution in [2.75, 3.05) is 6.54 Å². The second-order valence-electron chi connectivity index (χ2n) is 5.09. The highest BCUT2D eigenvalue weighted by molar-refractivity contribution is 5.80. The number of nitrogens with one attached hydrogen (secondary N) is 2. The van der Waals surface area contributed by atoms with E-state index in [-0.39, 0.29) is 6.04 Å². The van der Waals surface area contributed by atoms with E-state index in [0.29, 0.717) is 18.7 Å². The smallest absolute Gasteiger partial charge is 0.260 e. The highest BCUT2D eigenvalue weighted by Gasteiger charge is 2.20. The third kappa shape index (κ3) is 5.30. The van der Waals surface area contributed by atoms with Gasteiger partial charge in [0.2, 0.25) is 0 Å². The van der Waals surface area contributed by atoms with Crippen LogP contribution in [0.1, 0.15) is 33.3 Å². The van der Waals surface area contributed by atoms with E-state index in [4.69, 9.17) is 4.74 Å². The fraction of sp³-hybridized carbons (Fsp3) is 0.533. The summed E-state index contributed by atoms with van der Waals surface area (Å²) in [5.41, 5.74) is 0.485. The maximum atomic E-state index is 13.9. The first-order valence-electron chi connectivity index (χ1n) is 7.00. The van der Waals surface area contributed by atoms with Crippen molar-refractivity contribution in [1.29, 1.82) is 0 Å². The van der Waals surface area contributed by atoms with Gasteiger partial charge in [-0.05, 0) is 45.0 Å². The van der Waals surface area contributed by atoms with Crippen LogP contribution in [0.4, 0.5) is 8.78 Å². The van der Waals surface area contributed by atoms with Crippen molar-refractivity contribution in [3.05, 3.63) is 29.3 Å². The lowest BCUT2D eigenvalue weighted by Gasteiger charge is -2.17. The number of hydrogen-bond acceptors (Lipinski definition) is 3. The average molecular weight is 300 g/mol. The summed E-state index contributed by atoms with van der Waals surface area (Å²) < 4.78 is 32.9. The molecule has 4 nitrogen and oxygen atoms in total. The minimum absolute atomic E-state index is 0.0688. The van der Waals surface area contributed by atoms with Crippen LogP contribution in [-0.4, -0.2) is 24.6 Å². The largest absolute Gasteiger partial charge is 0.475 e. The molecule has 0 aliphatic carbocycles. The number of hydrogen-bond donors (Lipinski definition) is 2. The van der Waals surface area contributed by atoms with Gasteiger partial charge < -0.3 is 15.4 Å². The number of ether oxygens (including phenoxy) is 1. The fourth-order valence-corrected chi connectivity index (χ4v) is 1.73. The van der Waals surface area contributed by atoms with E-state index in [1.54, 1.807) is 13.8 Å². The van der Waals surface area contributed by atoms with Gasteiger partial charge in [-0.3, -0.25) is 4.79 Å². The van der Waals surface area contributed by atoms with Crippen molar-refractivity contribution in [3.8, 4) is 5.75 Å². The molecule has 1 aromatic carbocycles. The third-order valence-corrected chi connectivity index (χ3v) is 2.73. The fourth-order valence-electron chi connectivity index (χ4n) is 1.73. The van der Waals surface area contributed by atoms with Gasteiger partial charge in [0.1, 0.15) is 0 Å². The first-order chi connectivity index (χ1) is 9.85. The van der Waals surface area contributed by atoms with Gasteiger partial charge in [0.15, 0.2) is 23.5 Å². The van der Waals surface area contributed by atoms with Crippen molar-refractivity contribution in [2.45, 2.75) is 46.4 Å². The highest BCUT2D eigenvalue weighted by atomic mass is 19.1. The molecule has 0 saturated heterocycles. The maximum absolute atomic E-state index is 13.9. The zero-order valence-corrected chi connectivity index (χ0v) is 12.8. The summed E-state index contributed by atoms with van der Waals surface area (Å²) in [4.78, 5) is 11.7. The molecule has 0 fully saturated rings. The minimum atomic E-state index is -0.976. The third-order valence-electron chi connectivity index (χ3n) is 2.73. The molecule has 0 radical (unpaired) electrons. The molecule has 0 bridgehead atoms. The number of carbonyl (C=O) groups is 1. The normalized spacial score (nSPS) is 12.3. The maximum Gasteiger partial charge on any atom is 0.260 e. The van der Waals surface area contributed by atoms with Crippen LogP contribution in [0.15, 0.2) is 12.1 Å². The lowest BCUT2D eigenvalue weighted by Crippen LogP contribution is -2.40. The first-order valence-corrected chi connectivity index (χ1v) is 7.00. The predicted octanol–water partition coefficient (Wildman–Crippen LogP) is 2.37. The van der Waals surface area contributed by atoms with Crippen LogP contribution in [-0.2, 0) is 11.3 Å². The Bertz CT molecular complexity index is 470. The number of benzene rings is 1.